The predicted molar refractivity (Wildman–Crippen MR) is 48.8 cm³/mol. The molecule has 0 aromatic rings. The van der Waals surface area contributed by atoms with E-state index in [0.717, 1.165) is 0 Å². The molecule has 0 saturated heterocycles. The molecule has 1 atom stereocenters. The van der Waals surface area contributed by atoms with Gasteiger partial charge in [-0.3, -0.25) is 9.52 Å². The van der Waals surface area contributed by atoms with Gasteiger partial charge in [0.05, 0.1) is 0 Å². The van der Waals surface area contributed by atoms with E-state index >= 15 is 0 Å². The van der Waals surface area contributed by atoms with Gasteiger partial charge in [0, 0.05) is 21.4 Å². The number of carbonyl (C=O) groups is 1. The fourth-order valence-corrected chi connectivity index (χ4v) is 1.15. The average molecular weight is 177 g/mol. The van der Waals surface area contributed by atoms with Crippen LogP contribution in [-0.2, 0) is 14.5 Å². The van der Waals surface area contributed by atoms with Crippen LogP contribution in [0.3, 0.4) is 0 Å². The van der Waals surface area contributed by atoms with Gasteiger partial charge in [-0.25, -0.2) is 4.21 Å². The zero-order valence-electron chi connectivity index (χ0n) is 7.22. The SMILES string of the molecule is C=S(=O)(NC(=O)CC)C(C)C. The molecule has 4 heteroatoms. The van der Waals surface area contributed by atoms with E-state index in [2.05, 4.69) is 10.6 Å². The van der Waals surface area contributed by atoms with E-state index in [-0.39, 0.29) is 11.2 Å². The molecule has 0 heterocycles. The van der Waals surface area contributed by atoms with Gasteiger partial charge in [0.25, 0.3) is 0 Å². The summed E-state index contributed by atoms with van der Waals surface area (Å²) in [5.74, 6) is 3.24. The second-order valence-corrected chi connectivity index (χ2v) is 5.25. The Kier molecular flexibility index (Phi) is 3.58. The molecule has 0 saturated carbocycles. The molecule has 0 radical (unpaired) electrons. The van der Waals surface area contributed by atoms with Crippen molar-refractivity contribution < 1.29 is 9.00 Å². The van der Waals surface area contributed by atoms with Gasteiger partial charge in [0.2, 0.25) is 5.91 Å². The fourth-order valence-electron chi connectivity index (χ4n) is 0.383. The summed E-state index contributed by atoms with van der Waals surface area (Å²) in [7, 11) is -2.41. The first kappa shape index (κ1) is 10.5. The molecule has 0 bridgehead atoms. The van der Waals surface area contributed by atoms with Crippen molar-refractivity contribution in [2.24, 2.45) is 0 Å². The molecule has 1 unspecified atom stereocenters. The van der Waals surface area contributed by atoms with E-state index in [1.54, 1.807) is 20.8 Å². The molecular formula is C7H15NO2S. The van der Waals surface area contributed by atoms with Crippen LogP contribution in [0.2, 0.25) is 0 Å². The summed E-state index contributed by atoms with van der Waals surface area (Å²) >= 11 is 0. The van der Waals surface area contributed by atoms with E-state index in [1.807, 2.05) is 0 Å². The van der Waals surface area contributed by atoms with Crippen molar-refractivity contribution in [1.82, 2.24) is 4.72 Å². The molecule has 0 aliphatic carbocycles. The fraction of sp³-hybridized carbons (Fsp3) is 0.714. The lowest BCUT2D eigenvalue weighted by molar-refractivity contribution is -0.118. The van der Waals surface area contributed by atoms with E-state index < -0.39 is 9.71 Å². The van der Waals surface area contributed by atoms with Crippen molar-refractivity contribution in [1.29, 1.82) is 0 Å². The first-order valence-electron chi connectivity index (χ1n) is 3.56. The summed E-state index contributed by atoms with van der Waals surface area (Å²) < 4.78 is 13.8. The monoisotopic (exact) mass is 177 g/mol. The van der Waals surface area contributed by atoms with Crippen LogP contribution in [0, 0.1) is 0 Å². The van der Waals surface area contributed by atoms with Crippen LogP contribution in [0.5, 0.6) is 0 Å². The Hall–Kier alpha value is -0.510. The maximum Gasteiger partial charge on any atom is 0.230 e. The summed E-state index contributed by atoms with van der Waals surface area (Å²) in [6.45, 7) is 5.25. The normalized spacial score (nSPS) is 16.0. The van der Waals surface area contributed by atoms with Gasteiger partial charge in [-0.05, 0) is 19.7 Å². The highest BCUT2D eigenvalue weighted by molar-refractivity contribution is 7.99. The van der Waals surface area contributed by atoms with Crippen LogP contribution in [0.4, 0.5) is 0 Å². The number of nitrogens with one attached hydrogen (secondary N) is 1. The molecule has 66 valence electrons. The predicted octanol–water partition coefficient (Wildman–Crippen LogP) is 0.552. The molecule has 0 fully saturated rings. The third-order valence-electron chi connectivity index (χ3n) is 1.37. The molecule has 0 spiro atoms. The number of rotatable bonds is 3. The van der Waals surface area contributed by atoms with Gasteiger partial charge >= 0.3 is 0 Å². The topological polar surface area (TPSA) is 46.2 Å². The molecule has 0 aliphatic heterocycles. The maximum absolute atomic E-state index is 11.4. The largest absolute Gasteiger partial charge is 0.283 e. The van der Waals surface area contributed by atoms with Gasteiger partial charge in [-0.15, -0.1) is 0 Å². The summed E-state index contributed by atoms with van der Waals surface area (Å²) in [4.78, 5) is 10.8. The Morgan fingerprint density at radius 1 is 1.64 bits per heavy atom. The van der Waals surface area contributed by atoms with Gasteiger partial charge in [-0.1, -0.05) is 6.92 Å². The molecule has 0 aliphatic rings. The highest BCUT2D eigenvalue weighted by Gasteiger charge is 2.10. The van der Waals surface area contributed by atoms with Crippen LogP contribution >= 0.6 is 0 Å². The highest BCUT2D eigenvalue weighted by Crippen LogP contribution is 1.95. The summed E-state index contributed by atoms with van der Waals surface area (Å²) in [6, 6.07) is 0. The molecule has 1 N–H and O–H groups in total. The summed E-state index contributed by atoms with van der Waals surface area (Å²) in [5, 5.41) is -0.113. The number of carbonyl (C=O) groups excluding carboxylic acids is 1. The first-order valence-corrected chi connectivity index (χ1v) is 5.35. The van der Waals surface area contributed by atoms with Crippen molar-refractivity contribution in [3.05, 3.63) is 0 Å². The molecule has 0 aromatic heterocycles. The minimum Gasteiger partial charge on any atom is -0.283 e. The van der Waals surface area contributed by atoms with Crippen LogP contribution in [0.25, 0.3) is 0 Å². The van der Waals surface area contributed by atoms with Crippen molar-refractivity contribution in [2.45, 2.75) is 32.4 Å². The highest BCUT2D eigenvalue weighted by atomic mass is 32.2. The van der Waals surface area contributed by atoms with Crippen LogP contribution in [0.1, 0.15) is 27.2 Å². The Balaban J connectivity index is 4.27. The molecule has 1 amide bonds. The number of hydrogen-bond acceptors (Lipinski definition) is 2. The number of amides is 1. The Labute approximate surface area is 68.3 Å². The molecule has 0 rings (SSSR count). The van der Waals surface area contributed by atoms with Gasteiger partial charge in [0.1, 0.15) is 0 Å². The maximum atomic E-state index is 11.4. The lowest BCUT2D eigenvalue weighted by Crippen LogP contribution is -2.35. The molecule has 0 aromatic carbocycles. The summed E-state index contributed by atoms with van der Waals surface area (Å²) in [5.41, 5.74) is 0. The lowest BCUT2D eigenvalue weighted by Gasteiger charge is -2.13. The third-order valence-corrected chi connectivity index (χ3v) is 3.47. The quantitative estimate of drug-likeness (QED) is 0.640. The van der Waals surface area contributed by atoms with Crippen LogP contribution in [-0.4, -0.2) is 21.2 Å². The van der Waals surface area contributed by atoms with Crippen LogP contribution in [0.15, 0.2) is 0 Å². The van der Waals surface area contributed by atoms with Crippen LogP contribution < -0.4 is 4.72 Å². The first-order chi connectivity index (χ1) is 4.90. The van der Waals surface area contributed by atoms with E-state index in [0.29, 0.717) is 6.42 Å². The Morgan fingerprint density at radius 2 is 2.09 bits per heavy atom. The minimum atomic E-state index is -2.41. The van der Waals surface area contributed by atoms with E-state index in [4.69, 9.17) is 0 Å². The molecule has 11 heavy (non-hydrogen) atoms. The van der Waals surface area contributed by atoms with E-state index in [1.165, 1.54) is 0 Å². The zero-order chi connectivity index (χ0) is 9.07. The Bertz CT molecular complexity index is 229. The van der Waals surface area contributed by atoms with Gasteiger partial charge in [-0.2, -0.15) is 0 Å². The zero-order valence-corrected chi connectivity index (χ0v) is 8.03. The standard InChI is InChI=1S/C7H15NO2S/c1-5-7(9)8-11(4,10)6(2)3/h6H,4-5H2,1-3H3,(H,8,9,10). The molecule has 3 nitrogen and oxygen atoms in total. The minimum absolute atomic E-state index is 0.113. The summed E-state index contributed by atoms with van der Waals surface area (Å²) in [6.07, 6.45) is 0.346. The van der Waals surface area contributed by atoms with Gasteiger partial charge in [0.15, 0.2) is 0 Å². The van der Waals surface area contributed by atoms with Crippen molar-refractivity contribution >= 4 is 21.5 Å². The van der Waals surface area contributed by atoms with E-state index in [9.17, 15) is 9.00 Å². The molecular weight excluding hydrogens is 162 g/mol. The number of hydrogen-bond donors (Lipinski definition) is 1. The average Bonchev–Trinajstić information content (AvgIpc) is 1.86. The van der Waals surface area contributed by atoms with Gasteiger partial charge < -0.3 is 0 Å². The second kappa shape index (κ2) is 3.76. The van der Waals surface area contributed by atoms with Crippen molar-refractivity contribution in [3.8, 4) is 0 Å². The van der Waals surface area contributed by atoms with Crippen molar-refractivity contribution in [2.75, 3.05) is 0 Å². The Morgan fingerprint density at radius 3 is 2.36 bits per heavy atom. The third kappa shape index (κ3) is 3.41. The smallest absolute Gasteiger partial charge is 0.230 e. The lowest BCUT2D eigenvalue weighted by atomic mass is 10.5. The second-order valence-electron chi connectivity index (χ2n) is 2.65. The van der Waals surface area contributed by atoms with Crippen molar-refractivity contribution in [3.63, 3.8) is 0 Å².